The maximum atomic E-state index is 2.60. The Balaban J connectivity index is 1.07. The lowest BCUT2D eigenvalue weighted by Crippen LogP contribution is -2.62. The summed E-state index contributed by atoms with van der Waals surface area (Å²) in [6.07, 6.45) is 0. The molecule has 0 amide bonds. The lowest BCUT2D eigenvalue weighted by molar-refractivity contribution is 0.581. The molecule has 0 spiro atoms. The average molecular weight is 945 g/mol. The number of hydrogen-bond acceptors (Lipinski definition) is 1. The van der Waals surface area contributed by atoms with Crippen LogP contribution in [0.3, 0.4) is 0 Å². The molecule has 0 N–H and O–H groups in total. The van der Waals surface area contributed by atoms with Crippen molar-refractivity contribution >= 4 is 62.0 Å². The lowest BCUT2D eigenvalue weighted by Gasteiger charge is -2.44. The van der Waals surface area contributed by atoms with Crippen LogP contribution in [0, 0.1) is 0 Å². The largest absolute Gasteiger partial charge is 0.311 e. The molecule has 1 aromatic heterocycles. The third-order valence-corrected chi connectivity index (χ3v) is 15.9. The number of para-hydroxylation sites is 3. The first-order valence-corrected chi connectivity index (χ1v) is 26.1. The minimum absolute atomic E-state index is 0.0171. The zero-order valence-electron chi connectivity index (χ0n) is 41.9. The molecule has 0 saturated heterocycles. The first-order valence-electron chi connectivity index (χ1n) is 26.1. The van der Waals surface area contributed by atoms with Crippen molar-refractivity contribution < 1.29 is 0 Å². The van der Waals surface area contributed by atoms with E-state index in [4.69, 9.17) is 0 Å². The van der Waals surface area contributed by atoms with Gasteiger partial charge in [-0.25, -0.2) is 0 Å². The fraction of sp³-hybridized carbons (Fsp3) is 0.0704. The Morgan fingerprint density at radius 1 is 0.365 bits per heavy atom. The SMILES string of the molecule is CC(C)(C)c1ccccc1C1c2cc(-c3ccccc3-c3ccccc3)ccc2B2c3ccc(-n4c5ccccc5c5cccc(-c6ccccc6)c54)cc3N(c3ccccc3-c3ccccc3)c3cccc1c32. The minimum Gasteiger partial charge on any atom is -0.311 e. The number of hydrogen-bond donors (Lipinski definition) is 0. The normalized spacial score (nSPS) is 13.7. The maximum Gasteiger partial charge on any atom is 0.247 e. The van der Waals surface area contributed by atoms with Crippen molar-refractivity contribution in [1.82, 2.24) is 4.57 Å². The number of rotatable bonds is 7. The van der Waals surface area contributed by atoms with Crippen molar-refractivity contribution in [2.75, 3.05) is 4.90 Å². The summed E-state index contributed by atoms with van der Waals surface area (Å²) >= 11 is 0. The van der Waals surface area contributed by atoms with Gasteiger partial charge in [0.25, 0.3) is 0 Å². The van der Waals surface area contributed by atoms with Crippen LogP contribution in [0.5, 0.6) is 0 Å². The average Bonchev–Trinajstić information content (AvgIpc) is 3.80. The van der Waals surface area contributed by atoms with Gasteiger partial charge in [-0.2, -0.15) is 0 Å². The van der Waals surface area contributed by atoms with E-state index >= 15 is 0 Å². The van der Waals surface area contributed by atoms with Crippen LogP contribution in [0.4, 0.5) is 17.1 Å². The van der Waals surface area contributed by atoms with E-state index in [1.165, 1.54) is 116 Å². The summed E-state index contributed by atoms with van der Waals surface area (Å²) in [5.74, 6) is -0.0171. The molecule has 0 saturated carbocycles. The van der Waals surface area contributed by atoms with E-state index in [0.29, 0.717) is 0 Å². The standard InChI is InChI=1S/C71H53BN2/c1-71(2,3)61-37-18-15-33-58(61)68-59-36-22-40-66-69(59)72(62-43-41-50(45-60(62)68)53-30-14-13-29-52(53)47-23-7-4-8-24-47)63-44-42-51(46-67(63)74(66)64-38-19-16-31-54(64)48-25-9-5-10-26-48)73-65-39-20-17-32-56(65)57-35-21-34-55(70(57)73)49-27-11-6-12-28-49/h4-46,68H,1-3H3. The molecule has 0 radical (unpaired) electrons. The Labute approximate surface area is 434 Å². The Morgan fingerprint density at radius 3 is 1.65 bits per heavy atom. The Bertz CT molecular complexity index is 4130. The molecule has 0 fully saturated rings. The van der Waals surface area contributed by atoms with Crippen molar-refractivity contribution in [2.45, 2.75) is 32.1 Å². The second-order valence-electron chi connectivity index (χ2n) is 21.1. The summed E-state index contributed by atoms with van der Waals surface area (Å²) in [4.78, 5) is 2.60. The maximum absolute atomic E-state index is 2.60. The lowest BCUT2D eigenvalue weighted by atomic mass is 9.31. The second kappa shape index (κ2) is 17.4. The van der Waals surface area contributed by atoms with Gasteiger partial charge in [0.2, 0.25) is 6.71 Å². The van der Waals surface area contributed by atoms with E-state index in [9.17, 15) is 0 Å². The van der Waals surface area contributed by atoms with Crippen LogP contribution in [0.1, 0.15) is 48.9 Å². The third kappa shape index (κ3) is 6.95. The summed E-state index contributed by atoms with van der Waals surface area (Å²) in [5.41, 5.74) is 26.2. The molecule has 2 nitrogen and oxygen atoms in total. The van der Waals surface area contributed by atoms with Gasteiger partial charge in [0.1, 0.15) is 0 Å². The van der Waals surface area contributed by atoms with Crippen molar-refractivity contribution in [1.29, 1.82) is 0 Å². The molecule has 1 atom stereocenters. The van der Waals surface area contributed by atoms with Gasteiger partial charge in [-0.1, -0.05) is 257 Å². The zero-order chi connectivity index (χ0) is 49.5. The fourth-order valence-electron chi connectivity index (χ4n) is 12.8. The molecule has 3 heterocycles. The van der Waals surface area contributed by atoms with Gasteiger partial charge in [0.15, 0.2) is 0 Å². The first kappa shape index (κ1) is 43.8. The van der Waals surface area contributed by atoms with Gasteiger partial charge < -0.3 is 9.47 Å². The van der Waals surface area contributed by atoms with E-state index in [0.717, 1.165) is 11.4 Å². The molecule has 2 aliphatic rings. The number of anilines is 3. The van der Waals surface area contributed by atoms with Crippen LogP contribution in [0.25, 0.3) is 72.0 Å². The summed E-state index contributed by atoms with van der Waals surface area (Å²) in [7, 11) is 0. The van der Waals surface area contributed by atoms with E-state index < -0.39 is 0 Å². The van der Waals surface area contributed by atoms with Crippen molar-refractivity contribution in [3.05, 3.63) is 283 Å². The number of nitrogens with zero attached hydrogens (tertiary/aromatic N) is 2. The highest BCUT2D eigenvalue weighted by atomic mass is 15.2. The molecule has 0 aliphatic carbocycles. The molecule has 2 aliphatic heterocycles. The molecule has 74 heavy (non-hydrogen) atoms. The van der Waals surface area contributed by atoms with Gasteiger partial charge in [-0.05, 0) is 102 Å². The molecule has 1 unspecified atom stereocenters. The predicted molar refractivity (Wildman–Crippen MR) is 314 cm³/mol. The molecule has 14 rings (SSSR count). The topological polar surface area (TPSA) is 8.17 Å². The summed E-state index contributed by atoms with van der Waals surface area (Å²) < 4.78 is 2.52. The van der Waals surface area contributed by atoms with Gasteiger partial charge in [0, 0.05) is 44.9 Å². The molecule has 12 aromatic rings. The van der Waals surface area contributed by atoms with Crippen molar-refractivity contribution in [3.63, 3.8) is 0 Å². The Hall–Kier alpha value is -8.92. The number of fused-ring (bicyclic) bond motifs is 7. The van der Waals surface area contributed by atoms with Gasteiger partial charge in [-0.3, -0.25) is 0 Å². The molecule has 350 valence electrons. The van der Waals surface area contributed by atoms with Crippen LogP contribution >= 0.6 is 0 Å². The molecular formula is C71H53BN2. The highest BCUT2D eigenvalue weighted by molar-refractivity contribution is 6.99. The second-order valence-corrected chi connectivity index (χ2v) is 21.1. The molecule has 11 aromatic carbocycles. The Kier molecular flexibility index (Phi) is 10.3. The monoisotopic (exact) mass is 944 g/mol. The van der Waals surface area contributed by atoms with Gasteiger partial charge in [0.05, 0.1) is 16.7 Å². The quantitative estimate of drug-likeness (QED) is 0.145. The van der Waals surface area contributed by atoms with E-state index in [1.54, 1.807) is 0 Å². The van der Waals surface area contributed by atoms with Crippen LogP contribution in [-0.2, 0) is 5.41 Å². The highest BCUT2D eigenvalue weighted by Gasteiger charge is 2.45. The van der Waals surface area contributed by atoms with Crippen molar-refractivity contribution in [2.24, 2.45) is 0 Å². The predicted octanol–water partition coefficient (Wildman–Crippen LogP) is 16.5. The van der Waals surface area contributed by atoms with E-state index in [-0.39, 0.29) is 18.0 Å². The number of aromatic nitrogens is 1. The summed E-state index contributed by atoms with van der Waals surface area (Å²) in [6.45, 7) is 7.06. The van der Waals surface area contributed by atoms with E-state index in [2.05, 4.69) is 291 Å². The number of benzene rings is 11. The fourth-order valence-corrected chi connectivity index (χ4v) is 12.8. The van der Waals surface area contributed by atoms with Crippen LogP contribution < -0.4 is 21.3 Å². The highest BCUT2D eigenvalue weighted by Crippen LogP contribution is 2.48. The van der Waals surface area contributed by atoms with Gasteiger partial charge >= 0.3 is 0 Å². The first-order chi connectivity index (χ1) is 36.4. The Morgan fingerprint density at radius 2 is 0.905 bits per heavy atom. The minimum atomic E-state index is -0.0865. The zero-order valence-corrected chi connectivity index (χ0v) is 41.9. The van der Waals surface area contributed by atoms with Crippen LogP contribution in [-0.4, -0.2) is 11.3 Å². The molecular weight excluding hydrogens is 892 g/mol. The molecule has 0 bridgehead atoms. The smallest absolute Gasteiger partial charge is 0.247 e. The van der Waals surface area contributed by atoms with E-state index in [1.807, 2.05) is 0 Å². The van der Waals surface area contributed by atoms with Gasteiger partial charge in [-0.15, -0.1) is 0 Å². The van der Waals surface area contributed by atoms with Crippen molar-refractivity contribution in [3.8, 4) is 50.2 Å². The third-order valence-electron chi connectivity index (χ3n) is 15.9. The molecule has 3 heteroatoms. The van der Waals surface area contributed by atoms with Crippen LogP contribution in [0.2, 0.25) is 0 Å². The summed E-state index contributed by atoms with van der Waals surface area (Å²) in [5, 5.41) is 2.49. The summed E-state index contributed by atoms with van der Waals surface area (Å²) in [6, 6.07) is 97.4. The van der Waals surface area contributed by atoms with Crippen LogP contribution in [0.15, 0.2) is 261 Å².